The van der Waals surface area contributed by atoms with Crippen LogP contribution in [0.3, 0.4) is 0 Å². The first-order chi connectivity index (χ1) is 6.52. The molecular formula is C11H13BrO2. The van der Waals surface area contributed by atoms with E-state index in [1.165, 1.54) is 0 Å². The van der Waals surface area contributed by atoms with Crippen molar-refractivity contribution in [2.45, 2.75) is 19.8 Å². The molecule has 0 saturated carbocycles. The van der Waals surface area contributed by atoms with Crippen LogP contribution >= 0.6 is 15.9 Å². The van der Waals surface area contributed by atoms with Crippen LogP contribution in [0.2, 0.25) is 0 Å². The number of hydrogen-bond acceptors (Lipinski definition) is 1. The minimum Gasteiger partial charge on any atom is -0.481 e. The van der Waals surface area contributed by atoms with Gasteiger partial charge < -0.3 is 5.11 Å². The van der Waals surface area contributed by atoms with Crippen LogP contribution in [0.25, 0.3) is 0 Å². The molecule has 0 saturated heterocycles. The fourth-order valence-corrected chi connectivity index (χ4v) is 1.93. The molecule has 0 unspecified atom stereocenters. The Morgan fingerprint density at radius 1 is 1.43 bits per heavy atom. The lowest BCUT2D eigenvalue weighted by Crippen LogP contribution is -2.17. The van der Waals surface area contributed by atoms with Gasteiger partial charge in [0, 0.05) is 4.47 Å². The van der Waals surface area contributed by atoms with Crippen molar-refractivity contribution in [2.24, 2.45) is 5.92 Å². The van der Waals surface area contributed by atoms with E-state index in [9.17, 15) is 4.79 Å². The van der Waals surface area contributed by atoms with Crippen LogP contribution in [-0.4, -0.2) is 11.1 Å². The summed E-state index contributed by atoms with van der Waals surface area (Å²) in [5.74, 6) is -1.09. The summed E-state index contributed by atoms with van der Waals surface area (Å²) in [6, 6.07) is 7.46. The number of carbonyl (C=O) groups is 1. The molecule has 0 aliphatic heterocycles. The molecule has 1 rings (SSSR count). The zero-order valence-electron chi connectivity index (χ0n) is 8.20. The quantitative estimate of drug-likeness (QED) is 0.902. The highest BCUT2D eigenvalue weighted by molar-refractivity contribution is 9.10. The molecule has 1 N–H and O–H groups in total. The van der Waals surface area contributed by atoms with Crippen molar-refractivity contribution < 1.29 is 9.90 Å². The Labute approximate surface area is 92.1 Å². The van der Waals surface area contributed by atoms with Gasteiger partial charge in [-0.25, -0.2) is 0 Å². The summed E-state index contributed by atoms with van der Waals surface area (Å²) in [5.41, 5.74) is 0.849. The number of hydrogen-bond donors (Lipinski definition) is 1. The standard InChI is InChI=1S/C11H13BrO2/c1-7(2)10(11(13)14)8-4-3-5-9(12)6-8/h3-7,10H,1-2H3,(H,13,14)/t10-/m0/s1. The highest BCUT2D eigenvalue weighted by Gasteiger charge is 2.23. The molecule has 14 heavy (non-hydrogen) atoms. The first kappa shape index (κ1) is 11.2. The Balaban J connectivity index is 3.05. The average molecular weight is 257 g/mol. The highest BCUT2D eigenvalue weighted by atomic mass is 79.9. The Hall–Kier alpha value is -0.830. The monoisotopic (exact) mass is 256 g/mol. The van der Waals surface area contributed by atoms with E-state index in [4.69, 9.17) is 5.11 Å². The second kappa shape index (κ2) is 4.60. The molecule has 76 valence electrons. The van der Waals surface area contributed by atoms with Gasteiger partial charge in [-0.3, -0.25) is 4.79 Å². The van der Waals surface area contributed by atoms with Crippen LogP contribution in [0.15, 0.2) is 28.7 Å². The van der Waals surface area contributed by atoms with Gasteiger partial charge >= 0.3 is 5.97 Å². The lowest BCUT2D eigenvalue weighted by molar-refractivity contribution is -0.139. The van der Waals surface area contributed by atoms with Crippen molar-refractivity contribution in [3.05, 3.63) is 34.3 Å². The summed E-state index contributed by atoms with van der Waals surface area (Å²) < 4.78 is 0.918. The van der Waals surface area contributed by atoms with Gasteiger partial charge in [0.2, 0.25) is 0 Å². The molecule has 1 aromatic carbocycles. The van der Waals surface area contributed by atoms with Gasteiger partial charge in [0.15, 0.2) is 0 Å². The molecule has 0 aromatic heterocycles. The van der Waals surface area contributed by atoms with Crippen molar-refractivity contribution in [3.63, 3.8) is 0 Å². The molecule has 2 nitrogen and oxygen atoms in total. The average Bonchev–Trinajstić information content (AvgIpc) is 2.02. The molecule has 0 spiro atoms. The van der Waals surface area contributed by atoms with Gasteiger partial charge in [0.05, 0.1) is 5.92 Å². The number of rotatable bonds is 3. The molecule has 1 atom stereocenters. The third-order valence-electron chi connectivity index (χ3n) is 2.14. The van der Waals surface area contributed by atoms with E-state index in [1.54, 1.807) is 0 Å². The second-order valence-electron chi connectivity index (χ2n) is 3.61. The highest BCUT2D eigenvalue weighted by Crippen LogP contribution is 2.26. The Bertz CT molecular complexity index is 334. The molecule has 1 aromatic rings. The van der Waals surface area contributed by atoms with Crippen LogP contribution in [0.1, 0.15) is 25.3 Å². The Morgan fingerprint density at radius 2 is 2.07 bits per heavy atom. The smallest absolute Gasteiger partial charge is 0.311 e. The first-order valence-corrected chi connectivity index (χ1v) is 5.30. The van der Waals surface area contributed by atoms with E-state index >= 15 is 0 Å². The van der Waals surface area contributed by atoms with Gasteiger partial charge in [0.25, 0.3) is 0 Å². The minimum atomic E-state index is -0.766. The lowest BCUT2D eigenvalue weighted by Gasteiger charge is -2.16. The summed E-state index contributed by atoms with van der Waals surface area (Å²) in [7, 11) is 0. The molecule has 0 amide bonds. The van der Waals surface area contributed by atoms with E-state index in [-0.39, 0.29) is 5.92 Å². The number of halogens is 1. The van der Waals surface area contributed by atoms with Crippen molar-refractivity contribution in [2.75, 3.05) is 0 Å². The molecule has 0 radical (unpaired) electrons. The Kier molecular flexibility index (Phi) is 3.69. The molecule has 0 aliphatic rings. The number of aliphatic carboxylic acids is 1. The maximum absolute atomic E-state index is 11.0. The largest absolute Gasteiger partial charge is 0.481 e. The van der Waals surface area contributed by atoms with Crippen LogP contribution in [0.4, 0.5) is 0 Å². The lowest BCUT2D eigenvalue weighted by atomic mass is 9.89. The van der Waals surface area contributed by atoms with Crippen LogP contribution in [-0.2, 0) is 4.79 Å². The van der Waals surface area contributed by atoms with Crippen molar-refractivity contribution in [1.29, 1.82) is 0 Å². The number of carboxylic acids is 1. The summed E-state index contributed by atoms with van der Waals surface area (Å²) in [4.78, 5) is 11.0. The van der Waals surface area contributed by atoms with Crippen LogP contribution < -0.4 is 0 Å². The van der Waals surface area contributed by atoms with Crippen LogP contribution in [0, 0.1) is 5.92 Å². The van der Waals surface area contributed by atoms with Gasteiger partial charge in [0.1, 0.15) is 0 Å². The molecular weight excluding hydrogens is 244 g/mol. The minimum absolute atomic E-state index is 0.0989. The second-order valence-corrected chi connectivity index (χ2v) is 4.53. The van der Waals surface area contributed by atoms with Gasteiger partial charge in [-0.05, 0) is 23.6 Å². The van der Waals surface area contributed by atoms with Crippen LogP contribution in [0.5, 0.6) is 0 Å². The zero-order valence-corrected chi connectivity index (χ0v) is 9.78. The first-order valence-electron chi connectivity index (χ1n) is 4.50. The Morgan fingerprint density at radius 3 is 2.50 bits per heavy atom. The topological polar surface area (TPSA) is 37.3 Å². The van der Waals surface area contributed by atoms with Crippen molar-refractivity contribution >= 4 is 21.9 Å². The SMILES string of the molecule is CC(C)[C@H](C(=O)O)c1cccc(Br)c1. The summed E-state index contributed by atoms with van der Waals surface area (Å²) in [6.07, 6.45) is 0. The molecule has 0 heterocycles. The predicted molar refractivity (Wildman–Crippen MR) is 59.4 cm³/mol. The fraction of sp³-hybridized carbons (Fsp3) is 0.364. The molecule has 3 heteroatoms. The summed E-state index contributed by atoms with van der Waals surface area (Å²) in [6.45, 7) is 3.83. The predicted octanol–water partition coefficient (Wildman–Crippen LogP) is 3.27. The normalized spacial score (nSPS) is 12.9. The maximum Gasteiger partial charge on any atom is 0.311 e. The van der Waals surface area contributed by atoms with Gasteiger partial charge in [-0.2, -0.15) is 0 Å². The van der Waals surface area contributed by atoms with E-state index in [2.05, 4.69) is 15.9 Å². The maximum atomic E-state index is 11.0. The molecule has 0 bridgehead atoms. The summed E-state index contributed by atoms with van der Waals surface area (Å²) in [5, 5.41) is 9.07. The third-order valence-corrected chi connectivity index (χ3v) is 2.63. The van der Waals surface area contributed by atoms with E-state index in [1.807, 2.05) is 38.1 Å². The van der Waals surface area contributed by atoms with Crippen molar-refractivity contribution in [1.82, 2.24) is 0 Å². The van der Waals surface area contributed by atoms with Gasteiger partial charge in [-0.1, -0.05) is 41.9 Å². The van der Waals surface area contributed by atoms with E-state index in [0.29, 0.717) is 0 Å². The molecule has 0 fully saturated rings. The van der Waals surface area contributed by atoms with E-state index in [0.717, 1.165) is 10.0 Å². The summed E-state index contributed by atoms with van der Waals surface area (Å²) >= 11 is 3.34. The number of carboxylic acid groups (broad SMARTS) is 1. The van der Waals surface area contributed by atoms with Gasteiger partial charge in [-0.15, -0.1) is 0 Å². The fourth-order valence-electron chi connectivity index (χ4n) is 1.51. The third kappa shape index (κ3) is 2.58. The van der Waals surface area contributed by atoms with E-state index < -0.39 is 11.9 Å². The van der Waals surface area contributed by atoms with Crippen molar-refractivity contribution in [3.8, 4) is 0 Å². The molecule has 0 aliphatic carbocycles. The number of benzene rings is 1. The zero-order chi connectivity index (χ0) is 10.7.